The molecule has 0 saturated carbocycles. The predicted octanol–water partition coefficient (Wildman–Crippen LogP) is 3.38. The summed E-state index contributed by atoms with van der Waals surface area (Å²) in [6.45, 7) is 0. The Bertz CT molecular complexity index is 352. The molecule has 0 N–H and O–H groups in total. The fourth-order valence-electron chi connectivity index (χ4n) is 0.816. The smallest absolute Gasteiger partial charge is 0.340 e. The molecule has 0 spiro atoms. The topological polar surface area (TPSA) is 26.3 Å². The minimum Gasteiger partial charge on any atom is -0.465 e. The zero-order chi connectivity index (χ0) is 10.0. The summed E-state index contributed by atoms with van der Waals surface area (Å²) in [4.78, 5) is 11.2. The Balaban J connectivity index is 3.33. The number of rotatable bonds is 1. The maximum Gasteiger partial charge on any atom is 0.340 e. The van der Waals surface area contributed by atoms with Crippen LogP contribution in [0.25, 0.3) is 0 Å². The van der Waals surface area contributed by atoms with Gasteiger partial charge in [-0.2, -0.15) is 0 Å². The van der Waals surface area contributed by atoms with Gasteiger partial charge in [0.05, 0.1) is 22.7 Å². The molecule has 0 bridgehead atoms. The summed E-state index contributed by atoms with van der Waals surface area (Å²) in [7, 11) is 1.29. The molecule has 0 radical (unpaired) electrons. The number of methoxy groups -OCH3 is 1. The second-order valence-electron chi connectivity index (χ2n) is 2.21. The quantitative estimate of drug-likeness (QED) is 0.448. The van der Waals surface area contributed by atoms with Crippen LogP contribution in [0.15, 0.2) is 12.1 Å². The molecule has 0 aromatic heterocycles. The molecule has 13 heavy (non-hydrogen) atoms. The van der Waals surface area contributed by atoms with Crippen LogP contribution in [-0.4, -0.2) is 13.1 Å². The molecule has 0 aliphatic heterocycles. The monoisotopic (exact) mass is 330 g/mol. The van der Waals surface area contributed by atoms with E-state index in [9.17, 15) is 4.79 Å². The lowest BCUT2D eigenvalue weighted by molar-refractivity contribution is 0.0601. The van der Waals surface area contributed by atoms with Crippen molar-refractivity contribution >= 4 is 51.8 Å². The number of esters is 1. The summed E-state index contributed by atoms with van der Waals surface area (Å²) < 4.78 is 5.31. The number of ether oxygens (including phenoxy) is 1. The van der Waals surface area contributed by atoms with Gasteiger partial charge in [0.1, 0.15) is 0 Å². The Kier molecular flexibility index (Phi) is 3.82. The van der Waals surface area contributed by atoms with Crippen LogP contribution < -0.4 is 0 Å². The first-order valence-corrected chi connectivity index (χ1v) is 5.13. The molecule has 0 saturated heterocycles. The Morgan fingerprint density at radius 3 is 2.62 bits per heavy atom. The van der Waals surface area contributed by atoms with Crippen LogP contribution in [0.2, 0.25) is 10.0 Å². The van der Waals surface area contributed by atoms with Gasteiger partial charge in [0.15, 0.2) is 0 Å². The number of benzene rings is 1. The Morgan fingerprint density at radius 2 is 2.08 bits per heavy atom. The van der Waals surface area contributed by atoms with Gasteiger partial charge in [0.25, 0.3) is 0 Å². The molecular weight excluding hydrogens is 326 g/mol. The van der Waals surface area contributed by atoms with E-state index in [2.05, 4.69) is 4.74 Å². The maximum atomic E-state index is 11.2. The van der Waals surface area contributed by atoms with Crippen LogP contribution in [-0.2, 0) is 4.74 Å². The standard InChI is InChI=1S/C8H5Cl2IO2/c1-13-8(12)6-4(9)2-3-5(11)7(6)10/h2-3H,1H3. The van der Waals surface area contributed by atoms with Gasteiger partial charge < -0.3 is 4.74 Å². The minimum atomic E-state index is -0.520. The summed E-state index contributed by atoms with van der Waals surface area (Å²) >= 11 is 13.7. The SMILES string of the molecule is COC(=O)c1c(Cl)ccc(I)c1Cl. The third-order valence-electron chi connectivity index (χ3n) is 1.43. The first-order chi connectivity index (χ1) is 6.07. The molecule has 0 fully saturated rings. The van der Waals surface area contributed by atoms with E-state index in [4.69, 9.17) is 23.2 Å². The van der Waals surface area contributed by atoms with Gasteiger partial charge in [-0.3, -0.25) is 0 Å². The van der Waals surface area contributed by atoms with Crippen molar-refractivity contribution in [2.45, 2.75) is 0 Å². The highest BCUT2D eigenvalue weighted by Crippen LogP contribution is 2.29. The Morgan fingerprint density at radius 1 is 1.46 bits per heavy atom. The van der Waals surface area contributed by atoms with Crippen LogP contribution in [0, 0.1) is 3.57 Å². The van der Waals surface area contributed by atoms with Gasteiger partial charge in [0.2, 0.25) is 0 Å². The molecule has 0 aliphatic rings. The average molecular weight is 331 g/mol. The van der Waals surface area contributed by atoms with Crippen LogP contribution >= 0.6 is 45.8 Å². The normalized spacial score (nSPS) is 9.85. The van der Waals surface area contributed by atoms with Crippen LogP contribution in [0.4, 0.5) is 0 Å². The van der Waals surface area contributed by atoms with E-state index >= 15 is 0 Å². The highest BCUT2D eigenvalue weighted by atomic mass is 127. The lowest BCUT2D eigenvalue weighted by Gasteiger charge is -2.05. The van der Waals surface area contributed by atoms with Gasteiger partial charge >= 0.3 is 5.97 Å². The van der Waals surface area contributed by atoms with E-state index in [1.165, 1.54) is 7.11 Å². The first kappa shape index (κ1) is 11.1. The van der Waals surface area contributed by atoms with Crippen molar-refractivity contribution in [1.82, 2.24) is 0 Å². The van der Waals surface area contributed by atoms with Gasteiger partial charge in [0, 0.05) is 3.57 Å². The summed E-state index contributed by atoms with van der Waals surface area (Å²) in [6, 6.07) is 3.35. The summed E-state index contributed by atoms with van der Waals surface area (Å²) in [5, 5.41) is 0.636. The molecule has 1 aromatic carbocycles. The predicted molar refractivity (Wildman–Crippen MR) is 60.5 cm³/mol. The van der Waals surface area contributed by atoms with Crippen LogP contribution in [0.3, 0.4) is 0 Å². The summed E-state index contributed by atoms with van der Waals surface area (Å²) in [6.07, 6.45) is 0. The molecule has 2 nitrogen and oxygen atoms in total. The van der Waals surface area contributed by atoms with Gasteiger partial charge in [-0.15, -0.1) is 0 Å². The van der Waals surface area contributed by atoms with E-state index in [1.54, 1.807) is 12.1 Å². The number of carbonyl (C=O) groups excluding carboxylic acids is 1. The molecule has 0 aliphatic carbocycles. The number of hydrogen-bond acceptors (Lipinski definition) is 2. The van der Waals surface area contributed by atoms with Crippen molar-refractivity contribution in [2.75, 3.05) is 7.11 Å². The van der Waals surface area contributed by atoms with Gasteiger partial charge in [-0.05, 0) is 34.7 Å². The molecule has 1 rings (SSSR count). The van der Waals surface area contributed by atoms with Crippen molar-refractivity contribution in [3.8, 4) is 0 Å². The number of halogens is 3. The highest BCUT2D eigenvalue weighted by Gasteiger charge is 2.16. The van der Waals surface area contributed by atoms with Crippen molar-refractivity contribution < 1.29 is 9.53 Å². The van der Waals surface area contributed by atoms with E-state index in [1.807, 2.05) is 22.6 Å². The first-order valence-electron chi connectivity index (χ1n) is 3.29. The molecule has 0 unspecified atom stereocenters. The molecule has 5 heteroatoms. The summed E-state index contributed by atoms with van der Waals surface area (Å²) in [5.41, 5.74) is 0.220. The van der Waals surface area contributed by atoms with E-state index in [0.717, 1.165) is 3.57 Å². The Hall–Kier alpha value is -0.0000000000000000555. The molecule has 0 atom stereocenters. The minimum absolute atomic E-state index is 0.220. The molecule has 0 amide bonds. The molecule has 1 aromatic rings. The fourth-order valence-corrected chi connectivity index (χ4v) is 1.79. The highest BCUT2D eigenvalue weighted by molar-refractivity contribution is 14.1. The van der Waals surface area contributed by atoms with E-state index in [0.29, 0.717) is 10.0 Å². The lowest BCUT2D eigenvalue weighted by atomic mass is 10.2. The number of hydrogen-bond donors (Lipinski definition) is 0. The second kappa shape index (κ2) is 4.48. The van der Waals surface area contributed by atoms with Crippen molar-refractivity contribution in [1.29, 1.82) is 0 Å². The maximum absolute atomic E-state index is 11.2. The largest absolute Gasteiger partial charge is 0.465 e. The van der Waals surface area contributed by atoms with Gasteiger partial charge in [-0.25, -0.2) is 4.79 Å². The van der Waals surface area contributed by atoms with Crippen LogP contribution in [0.1, 0.15) is 10.4 Å². The number of carbonyl (C=O) groups is 1. The van der Waals surface area contributed by atoms with Crippen molar-refractivity contribution in [2.24, 2.45) is 0 Å². The van der Waals surface area contributed by atoms with Crippen LogP contribution in [0.5, 0.6) is 0 Å². The third-order valence-corrected chi connectivity index (χ3v) is 3.36. The van der Waals surface area contributed by atoms with Gasteiger partial charge in [-0.1, -0.05) is 23.2 Å². The Labute approximate surface area is 99.3 Å². The fraction of sp³-hybridized carbons (Fsp3) is 0.125. The molecule has 70 valence electrons. The lowest BCUT2D eigenvalue weighted by Crippen LogP contribution is -2.03. The molecule has 0 heterocycles. The third kappa shape index (κ3) is 2.27. The average Bonchev–Trinajstić information content (AvgIpc) is 2.12. The zero-order valence-electron chi connectivity index (χ0n) is 6.61. The second-order valence-corrected chi connectivity index (χ2v) is 4.16. The van der Waals surface area contributed by atoms with Crippen molar-refractivity contribution in [3.05, 3.63) is 31.3 Å². The van der Waals surface area contributed by atoms with E-state index in [-0.39, 0.29) is 5.56 Å². The van der Waals surface area contributed by atoms with Crippen molar-refractivity contribution in [3.63, 3.8) is 0 Å². The van der Waals surface area contributed by atoms with E-state index < -0.39 is 5.97 Å². The zero-order valence-corrected chi connectivity index (χ0v) is 10.3. The summed E-state index contributed by atoms with van der Waals surface area (Å²) in [5.74, 6) is -0.520. The molecular formula is C8H5Cl2IO2.